The molecule has 1 fully saturated rings. The molecule has 0 radical (unpaired) electrons. The van der Waals surface area contributed by atoms with Gasteiger partial charge in [-0.3, -0.25) is 9.59 Å². The van der Waals surface area contributed by atoms with Crippen molar-refractivity contribution in [2.75, 3.05) is 19.6 Å². The molecule has 0 saturated carbocycles. The average molecular weight is 490 g/mol. The van der Waals surface area contributed by atoms with Crippen molar-refractivity contribution < 1.29 is 44.7 Å². The Balaban J connectivity index is 0.000000257. The van der Waals surface area contributed by atoms with Crippen LogP contribution in [-0.4, -0.2) is 57.6 Å². The van der Waals surface area contributed by atoms with Crippen molar-refractivity contribution in [1.29, 1.82) is 0 Å². The van der Waals surface area contributed by atoms with E-state index in [1.807, 2.05) is 6.92 Å². The predicted molar refractivity (Wildman–Crippen MR) is 97.9 cm³/mol. The van der Waals surface area contributed by atoms with E-state index in [0.29, 0.717) is 13.0 Å². The quantitative estimate of drug-likeness (QED) is 0.472. The van der Waals surface area contributed by atoms with Crippen molar-refractivity contribution in [3.05, 3.63) is 22.8 Å². The first-order valence-corrected chi connectivity index (χ1v) is 10.1. The number of fused-ring (bicyclic) bond motifs is 1. The number of amides is 2. The van der Waals surface area contributed by atoms with Gasteiger partial charge in [0.2, 0.25) is 18.1 Å². The average Bonchev–Trinajstić information content (AvgIpc) is 2.72. The molecule has 186 valence electrons. The van der Waals surface area contributed by atoms with Gasteiger partial charge in [0, 0.05) is 31.5 Å². The molecule has 33 heavy (non-hydrogen) atoms. The lowest BCUT2D eigenvalue weighted by Gasteiger charge is -2.32. The molecule has 0 spiro atoms. The van der Waals surface area contributed by atoms with Crippen molar-refractivity contribution in [2.24, 2.45) is 0 Å². The lowest BCUT2D eigenvalue weighted by atomic mass is 10.0. The fourth-order valence-electron chi connectivity index (χ4n) is 3.35. The number of piperidine rings is 1. The fourth-order valence-corrected chi connectivity index (χ4v) is 3.35. The number of likely N-dealkylation sites (tertiary alicyclic amines) is 1. The van der Waals surface area contributed by atoms with Crippen molar-refractivity contribution in [3.63, 3.8) is 0 Å². The van der Waals surface area contributed by atoms with Crippen LogP contribution in [0.3, 0.4) is 0 Å². The van der Waals surface area contributed by atoms with Crippen LogP contribution in [0.5, 0.6) is 0 Å². The highest BCUT2D eigenvalue weighted by molar-refractivity contribution is 5.77. The third-order valence-corrected chi connectivity index (χ3v) is 5.03. The molecule has 1 saturated heterocycles. The second-order valence-corrected chi connectivity index (χ2v) is 7.67. The highest BCUT2D eigenvalue weighted by atomic mass is 19.4. The zero-order chi connectivity index (χ0) is 25.0. The molecule has 2 aliphatic heterocycles. The first kappa shape index (κ1) is 26.7. The summed E-state index contributed by atoms with van der Waals surface area (Å²) in [4.78, 5) is 29.8. The molecule has 1 aromatic heterocycles. The van der Waals surface area contributed by atoms with E-state index in [-0.39, 0.29) is 43.8 Å². The van der Waals surface area contributed by atoms with Crippen molar-refractivity contribution in [3.8, 4) is 0 Å². The lowest BCUT2D eigenvalue weighted by molar-refractivity contribution is -0.153. The van der Waals surface area contributed by atoms with Crippen molar-refractivity contribution in [1.82, 2.24) is 19.8 Å². The lowest BCUT2D eigenvalue weighted by Crippen LogP contribution is -2.46. The molecule has 14 heteroatoms. The van der Waals surface area contributed by atoms with Crippen LogP contribution in [0, 0.1) is 0 Å². The van der Waals surface area contributed by atoms with Crippen LogP contribution in [0.1, 0.15) is 55.4 Å². The molecule has 6 nitrogen and oxygen atoms in total. The fraction of sp³-hybridized carbons (Fsp3) is 0.684. The number of rotatable bonds is 4. The van der Waals surface area contributed by atoms with Gasteiger partial charge in [0.1, 0.15) is 0 Å². The van der Waals surface area contributed by atoms with Gasteiger partial charge in [0.05, 0.1) is 18.8 Å². The largest absolute Gasteiger partial charge is 0.451 e. The zero-order valence-electron chi connectivity index (χ0n) is 17.6. The van der Waals surface area contributed by atoms with Gasteiger partial charge in [-0.2, -0.15) is 26.3 Å². The molecule has 3 heterocycles. The van der Waals surface area contributed by atoms with Crippen LogP contribution >= 0.6 is 0 Å². The molecule has 0 aromatic carbocycles. The Morgan fingerprint density at radius 2 is 1.73 bits per heavy atom. The molecule has 1 aromatic rings. The van der Waals surface area contributed by atoms with Crippen LogP contribution in [0.25, 0.3) is 0 Å². The summed E-state index contributed by atoms with van der Waals surface area (Å²) in [6.45, 7) is 1.66. The Morgan fingerprint density at radius 3 is 2.27 bits per heavy atom. The summed E-state index contributed by atoms with van der Waals surface area (Å²) in [6.07, 6.45) is -8.52. The molecular weight excluding hydrogens is 468 g/mol. The van der Waals surface area contributed by atoms with E-state index in [9.17, 15) is 44.7 Å². The number of unbranched alkanes of at least 4 members (excludes halogenated alkanes) is 1. The first-order chi connectivity index (χ1) is 15.2. The van der Waals surface area contributed by atoms with Gasteiger partial charge in [-0.05, 0) is 12.8 Å². The van der Waals surface area contributed by atoms with Crippen LogP contribution in [0.15, 0.2) is 0 Å². The maximum atomic E-state index is 12.9. The van der Waals surface area contributed by atoms with E-state index in [1.54, 1.807) is 0 Å². The molecule has 0 unspecified atom stereocenters. The highest BCUT2D eigenvalue weighted by Gasteiger charge is 2.43. The maximum absolute atomic E-state index is 12.9. The third-order valence-electron chi connectivity index (χ3n) is 5.03. The number of aromatic nitrogens is 2. The summed E-state index contributed by atoms with van der Waals surface area (Å²) in [5.41, 5.74) is -2.39. The van der Waals surface area contributed by atoms with Crippen molar-refractivity contribution >= 4 is 12.3 Å². The second-order valence-electron chi connectivity index (χ2n) is 7.67. The minimum atomic E-state index is -5.08. The van der Waals surface area contributed by atoms with Crippen LogP contribution in [0.2, 0.25) is 0 Å². The Hall–Kier alpha value is -2.54. The normalized spacial score (nSPS) is 18.4. The molecule has 0 aliphatic carbocycles. The minimum absolute atomic E-state index is 0.00326. The topological polar surface area (TPSA) is 66.4 Å². The van der Waals surface area contributed by atoms with Crippen molar-refractivity contribution in [2.45, 2.75) is 63.8 Å². The van der Waals surface area contributed by atoms with Gasteiger partial charge in [-0.1, -0.05) is 13.3 Å². The predicted octanol–water partition coefficient (Wildman–Crippen LogP) is 4.07. The summed E-state index contributed by atoms with van der Waals surface area (Å²) < 4.78 is 102. The summed E-state index contributed by atoms with van der Waals surface area (Å²) in [5, 5.41) is 0. The Kier molecular flexibility index (Phi) is 8.22. The SMILES string of the molecule is CCCCN1CC(F)(F)CCC1=O.O=CN1CCc2c(nc(C(F)(F)F)nc2C(F)(F)F)C1. The van der Waals surface area contributed by atoms with Crippen LogP contribution in [-0.2, 0) is 34.9 Å². The molecular formula is C19H22F8N4O2. The molecule has 3 rings (SSSR count). The third kappa shape index (κ3) is 7.22. The van der Waals surface area contributed by atoms with Gasteiger partial charge >= 0.3 is 12.4 Å². The second kappa shape index (κ2) is 10.2. The maximum Gasteiger partial charge on any atom is 0.451 e. The van der Waals surface area contributed by atoms with Gasteiger partial charge in [0.25, 0.3) is 5.92 Å². The Morgan fingerprint density at radius 1 is 1.06 bits per heavy atom. The van der Waals surface area contributed by atoms with E-state index in [4.69, 9.17) is 0 Å². The number of nitrogens with zero attached hydrogens (tertiary/aromatic N) is 4. The standard InChI is InChI=1S/C10H7F6N3O.C9H15F2NO/c11-9(12,13)7-5-1-2-19(4-20)3-6(5)17-8(18-7)10(14,15)16;1-2-3-6-12-7-9(10,11)5-4-8(12)13/h4H,1-3H2;2-7H2,1H3. The summed E-state index contributed by atoms with van der Waals surface area (Å²) in [5.74, 6) is -4.64. The number of halogens is 8. The molecule has 0 N–H and O–H groups in total. The number of hydrogen-bond donors (Lipinski definition) is 0. The zero-order valence-corrected chi connectivity index (χ0v) is 17.6. The Bertz CT molecular complexity index is 857. The molecule has 0 bridgehead atoms. The van der Waals surface area contributed by atoms with E-state index < -0.39 is 42.0 Å². The van der Waals surface area contributed by atoms with E-state index in [1.165, 1.54) is 4.90 Å². The molecule has 0 atom stereocenters. The number of carbonyl (C=O) groups excluding carboxylic acids is 2. The summed E-state index contributed by atoms with van der Waals surface area (Å²) in [6, 6.07) is 0. The number of carbonyl (C=O) groups is 2. The van der Waals surface area contributed by atoms with Gasteiger partial charge < -0.3 is 9.80 Å². The van der Waals surface area contributed by atoms with E-state index >= 15 is 0 Å². The summed E-state index contributed by atoms with van der Waals surface area (Å²) >= 11 is 0. The number of hydrogen-bond acceptors (Lipinski definition) is 4. The minimum Gasteiger partial charge on any atom is -0.339 e. The first-order valence-electron chi connectivity index (χ1n) is 10.1. The van der Waals surface area contributed by atoms with Gasteiger partial charge in [-0.25, -0.2) is 18.7 Å². The highest BCUT2D eigenvalue weighted by Crippen LogP contribution is 2.36. The van der Waals surface area contributed by atoms with E-state index in [2.05, 4.69) is 9.97 Å². The van der Waals surface area contributed by atoms with Gasteiger partial charge in [0.15, 0.2) is 5.69 Å². The monoisotopic (exact) mass is 490 g/mol. The van der Waals surface area contributed by atoms with Crippen LogP contribution < -0.4 is 0 Å². The van der Waals surface area contributed by atoms with E-state index in [0.717, 1.165) is 17.7 Å². The molecule has 2 aliphatic rings. The Labute approximate surface area is 184 Å². The van der Waals surface area contributed by atoms with Crippen LogP contribution in [0.4, 0.5) is 35.1 Å². The smallest absolute Gasteiger partial charge is 0.339 e. The molecule has 2 amide bonds. The van der Waals surface area contributed by atoms with Gasteiger partial charge in [-0.15, -0.1) is 0 Å². The number of alkyl halides is 8. The summed E-state index contributed by atoms with van der Waals surface area (Å²) in [7, 11) is 0.